The summed E-state index contributed by atoms with van der Waals surface area (Å²) in [7, 11) is 1.82. The number of nitrogens with zero attached hydrogens (tertiary/aromatic N) is 1. The molecule has 0 spiro atoms. The predicted octanol–water partition coefficient (Wildman–Crippen LogP) is 3.74. The number of amides is 1. The number of hydrogen-bond donors (Lipinski definition) is 1. The monoisotopic (exact) mass is 360 g/mol. The van der Waals surface area contributed by atoms with Crippen LogP contribution in [-0.2, 0) is 11.3 Å². The second kappa shape index (κ2) is 7.56. The van der Waals surface area contributed by atoms with Crippen molar-refractivity contribution in [3.8, 4) is 0 Å². The Morgan fingerprint density at radius 3 is 2.36 bits per heavy atom. The average Bonchev–Trinajstić information content (AvgIpc) is 2.55. The third kappa shape index (κ3) is 3.96. The summed E-state index contributed by atoms with van der Waals surface area (Å²) in [5.74, 6) is -0.220. The van der Waals surface area contributed by atoms with Crippen molar-refractivity contribution < 1.29 is 4.79 Å². The topological polar surface area (TPSA) is 46.3 Å². The molecule has 0 saturated carbocycles. The number of hydrogen-bond acceptors (Lipinski definition) is 2. The smallest absolute Gasteiger partial charge is 0.227 e. The summed E-state index contributed by atoms with van der Waals surface area (Å²) >= 11 is 3.51. The molecule has 0 aliphatic rings. The van der Waals surface area contributed by atoms with Crippen LogP contribution in [0.15, 0.2) is 59.1 Å². The summed E-state index contributed by atoms with van der Waals surface area (Å²) in [6.07, 6.45) is 0. The summed E-state index contributed by atoms with van der Waals surface area (Å²) in [5.41, 5.74) is 8.31. The van der Waals surface area contributed by atoms with E-state index in [0.29, 0.717) is 6.54 Å². The highest BCUT2D eigenvalue weighted by molar-refractivity contribution is 9.10. The molecule has 0 aliphatic heterocycles. The van der Waals surface area contributed by atoms with Crippen molar-refractivity contribution >= 4 is 21.8 Å². The minimum atomic E-state index is -0.296. The molecule has 0 aromatic heterocycles. The van der Waals surface area contributed by atoms with Crippen molar-refractivity contribution in [3.63, 3.8) is 0 Å². The van der Waals surface area contributed by atoms with Gasteiger partial charge in [-0.3, -0.25) is 4.79 Å². The van der Waals surface area contributed by atoms with E-state index < -0.39 is 0 Å². The Kier molecular flexibility index (Phi) is 5.75. The lowest BCUT2D eigenvalue weighted by molar-refractivity contribution is -0.134. The van der Waals surface area contributed by atoms with Gasteiger partial charge < -0.3 is 10.6 Å². The van der Waals surface area contributed by atoms with Crippen LogP contribution >= 0.6 is 15.9 Å². The quantitative estimate of drug-likeness (QED) is 0.882. The van der Waals surface area contributed by atoms with Gasteiger partial charge in [-0.1, -0.05) is 71.4 Å². The highest BCUT2D eigenvalue weighted by atomic mass is 79.9. The van der Waals surface area contributed by atoms with Gasteiger partial charge in [-0.05, 0) is 17.2 Å². The SMILES string of the molecule is CC(C(=O)N(C)Cc1ccccc1Br)C(N)c1ccccc1. The summed E-state index contributed by atoms with van der Waals surface area (Å²) in [6, 6.07) is 17.4. The zero-order chi connectivity index (χ0) is 16.1. The molecule has 0 radical (unpaired) electrons. The zero-order valence-corrected chi connectivity index (χ0v) is 14.5. The second-order valence-corrected chi connectivity index (χ2v) is 6.37. The van der Waals surface area contributed by atoms with Gasteiger partial charge in [0, 0.05) is 24.1 Å². The van der Waals surface area contributed by atoms with Crippen LogP contribution in [0, 0.1) is 5.92 Å². The maximum absolute atomic E-state index is 12.6. The van der Waals surface area contributed by atoms with E-state index in [4.69, 9.17) is 5.73 Å². The first-order chi connectivity index (χ1) is 10.5. The van der Waals surface area contributed by atoms with Crippen LogP contribution in [-0.4, -0.2) is 17.9 Å². The molecule has 0 aliphatic carbocycles. The fraction of sp³-hybridized carbons (Fsp3) is 0.278. The Morgan fingerprint density at radius 2 is 1.73 bits per heavy atom. The molecule has 2 aromatic rings. The van der Waals surface area contributed by atoms with Gasteiger partial charge in [0.1, 0.15) is 0 Å². The molecule has 1 amide bonds. The Bertz CT molecular complexity index is 630. The molecule has 0 heterocycles. The third-order valence-electron chi connectivity index (χ3n) is 3.85. The van der Waals surface area contributed by atoms with Crippen molar-refractivity contribution in [2.75, 3.05) is 7.05 Å². The molecule has 0 saturated heterocycles. The number of carbonyl (C=O) groups is 1. The molecule has 22 heavy (non-hydrogen) atoms. The molecule has 3 nitrogen and oxygen atoms in total. The Hall–Kier alpha value is -1.65. The van der Waals surface area contributed by atoms with Crippen LogP contribution in [0.1, 0.15) is 24.1 Å². The molecule has 2 aromatic carbocycles. The zero-order valence-electron chi connectivity index (χ0n) is 12.9. The fourth-order valence-electron chi connectivity index (χ4n) is 2.43. The Morgan fingerprint density at radius 1 is 1.14 bits per heavy atom. The molecular formula is C18H21BrN2O. The van der Waals surface area contributed by atoms with Gasteiger partial charge >= 0.3 is 0 Å². The maximum atomic E-state index is 12.6. The van der Waals surface area contributed by atoms with Crippen molar-refractivity contribution in [2.24, 2.45) is 11.7 Å². The third-order valence-corrected chi connectivity index (χ3v) is 4.63. The van der Waals surface area contributed by atoms with Gasteiger partial charge in [0.25, 0.3) is 0 Å². The lowest BCUT2D eigenvalue weighted by atomic mass is 9.94. The van der Waals surface area contributed by atoms with Crippen LogP contribution in [0.2, 0.25) is 0 Å². The summed E-state index contributed by atoms with van der Waals surface area (Å²) in [6.45, 7) is 2.45. The number of halogens is 1. The minimum Gasteiger partial charge on any atom is -0.341 e. The molecule has 2 rings (SSSR count). The van der Waals surface area contributed by atoms with Crippen molar-refractivity contribution in [1.29, 1.82) is 0 Å². The lowest BCUT2D eigenvalue weighted by Gasteiger charge is -2.26. The van der Waals surface area contributed by atoms with E-state index >= 15 is 0 Å². The van der Waals surface area contributed by atoms with E-state index in [0.717, 1.165) is 15.6 Å². The van der Waals surface area contributed by atoms with Gasteiger partial charge in [0.05, 0.1) is 5.92 Å². The van der Waals surface area contributed by atoms with Crippen LogP contribution in [0.5, 0.6) is 0 Å². The number of nitrogens with two attached hydrogens (primary N) is 1. The van der Waals surface area contributed by atoms with Crippen LogP contribution in [0.3, 0.4) is 0 Å². The largest absolute Gasteiger partial charge is 0.341 e. The van der Waals surface area contributed by atoms with E-state index in [1.807, 2.05) is 68.6 Å². The minimum absolute atomic E-state index is 0.0482. The predicted molar refractivity (Wildman–Crippen MR) is 93.2 cm³/mol. The van der Waals surface area contributed by atoms with E-state index in [1.54, 1.807) is 4.90 Å². The van der Waals surface area contributed by atoms with Gasteiger partial charge in [-0.25, -0.2) is 0 Å². The highest BCUT2D eigenvalue weighted by Gasteiger charge is 2.25. The van der Waals surface area contributed by atoms with E-state index in [9.17, 15) is 4.79 Å². The van der Waals surface area contributed by atoms with Crippen LogP contribution < -0.4 is 5.73 Å². The first-order valence-electron chi connectivity index (χ1n) is 7.29. The molecule has 0 bridgehead atoms. The van der Waals surface area contributed by atoms with Gasteiger partial charge in [-0.15, -0.1) is 0 Å². The van der Waals surface area contributed by atoms with Crippen LogP contribution in [0.25, 0.3) is 0 Å². The van der Waals surface area contributed by atoms with Crippen LogP contribution in [0.4, 0.5) is 0 Å². The van der Waals surface area contributed by atoms with Gasteiger partial charge in [0.15, 0.2) is 0 Å². The first-order valence-corrected chi connectivity index (χ1v) is 8.09. The summed E-state index contributed by atoms with van der Waals surface area (Å²) in [5, 5.41) is 0. The van der Waals surface area contributed by atoms with Gasteiger partial charge in [0.2, 0.25) is 5.91 Å². The molecule has 2 N–H and O–H groups in total. The standard InChI is InChI=1S/C18H21BrN2O/c1-13(17(20)14-8-4-3-5-9-14)18(22)21(2)12-15-10-6-7-11-16(15)19/h3-11,13,17H,12,20H2,1-2H3. The number of benzene rings is 2. The molecule has 4 heteroatoms. The van der Waals surface area contributed by atoms with Crippen molar-refractivity contribution in [1.82, 2.24) is 4.90 Å². The molecule has 2 atom stereocenters. The highest BCUT2D eigenvalue weighted by Crippen LogP contribution is 2.23. The normalized spacial score (nSPS) is 13.5. The second-order valence-electron chi connectivity index (χ2n) is 5.51. The van der Waals surface area contributed by atoms with E-state index in [2.05, 4.69) is 15.9 Å². The number of carbonyl (C=O) groups excluding carboxylic acids is 1. The summed E-state index contributed by atoms with van der Waals surface area (Å²) < 4.78 is 1.01. The number of rotatable bonds is 5. The Balaban J connectivity index is 2.05. The van der Waals surface area contributed by atoms with E-state index in [-0.39, 0.29) is 17.9 Å². The average molecular weight is 361 g/mol. The van der Waals surface area contributed by atoms with Gasteiger partial charge in [-0.2, -0.15) is 0 Å². The molecular weight excluding hydrogens is 340 g/mol. The maximum Gasteiger partial charge on any atom is 0.227 e. The fourth-order valence-corrected chi connectivity index (χ4v) is 2.84. The van der Waals surface area contributed by atoms with Crippen molar-refractivity contribution in [2.45, 2.75) is 19.5 Å². The molecule has 0 fully saturated rings. The first kappa shape index (κ1) is 16.7. The lowest BCUT2D eigenvalue weighted by Crippen LogP contribution is -2.36. The van der Waals surface area contributed by atoms with E-state index in [1.165, 1.54) is 0 Å². The summed E-state index contributed by atoms with van der Waals surface area (Å²) in [4.78, 5) is 14.3. The molecule has 2 unspecified atom stereocenters. The Labute approximate surface area is 140 Å². The molecule has 116 valence electrons. The van der Waals surface area contributed by atoms with Crippen molar-refractivity contribution in [3.05, 3.63) is 70.2 Å².